The first kappa shape index (κ1) is 26.9. The molecule has 8 heteroatoms. The Kier molecular flexibility index (Phi) is 8.88. The van der Waals surface area contributed by atoms with Crippen LogP contribution in [0.3, 0.4) is 0 Å². The van der Waals surface area contributed by atoms with Crippen LogP contribution in [-0.2, 0) is 21.4 Å². The third-order valence-electron chi connectivity index (χ3n) is 5.85. The van der Waals surface area contributed by atoms with E-state index in [-0.39, 0.29) is 30.4 Å². The van der Waals surface area contributed by atoms with Crippen molar-refractivity contribution in [2.24, 2.45) is 0 Å². The van der Waals surface area contributed by atoms with Gasteiger partial charge in [0.15, 0.2) is 0 Å². The molecule has 36 heavy (non-hydrogen) atoms. The molecule has 2 aromatic carbocycles. The number of carbonyl (C=O) groups is 2. The number of ether oxygens (including phenoxy) is 1. The van der Waals surface area contributed by atoms with Gasteiger partial charge in [0.2, 0.25) is 5.91 Å². The molecular formula is C28H37N5O3. The Balaban J connectivity index is 1.81. The number of para-hydroxylation sites is 1. The second-order valence-electron chi connectivity index (χ2n) is 9.82. The van der Waals surface area contributed by atoms with Crippen LogP contribution >= 0.6 is 0 Å². The highest BCUT2D eigenvalue weighted by molar-refractivity contribution is 5.97. The lowest BCUT2D eigenvalue weighted by Gasteiger charge is -2.23. The van der Waals surface area contributed by atoms with E-state index in [2.05, 4.69) is 31.4 Å². The number of rotatable bonds is 9. The van der Waals surface area contributed by atoms with Gasteiger partial charge < -0.3 is 20.3 Å². The van der Waals surface area contributed by atoms with Crippen LogP contribution in [-0.4, -0.2) is 53.4 Å². The van der Waals surface area contributed by atoms with E-state index in [1.165, 1.54) is 4.90 Å². The van der Waals surface area contributed by atoms with Gasteiger partial charge >= 0.3 is 6.03 Å². The fourth-order valence-electron chi connectivity index (χ4n) is 3.67. The summed E-state index contributed by atoms with van der Waals surface area (Å²) in [4.78, 5) is 27.7. The molecule has 0 spiro atoms. The minimum atomic E-state index is -0.356. The molecule has 3 amide bonds. The molecule has 0 atom stereocenters. The van der Waals surface area contributed by atoms with E-state index in [0.29, 0.717) is 12.4 Å². The number of nitrogens with one attached hydrogen (secondary N) is 2. The maximum absolute atomic E-state index is 13.1. The third-order valence-corrected chi connectivity index (χ3v) is 5.85. The van der Waals surface area contributed by atoms with Crippen LogP contribution in [0.2, 0.25) is 0 Å². The van der Waals surface area contributed by atoms with Gasteiger partial charge in [-0.15, -0.1) is 0 Å². The van der Waals surface area contributed by atoms with Gasteiger partial charge in [0.05, 0.1) is 18.0 Å². The van der Waals surface area contributed by atoms with Crippen LogP contribution in [0.4, 0.5) is 16.3 Å². The molecular weight excluding hydrogens is 454 g/mol. The van der Waals surface area contributed by atoms with Crippen LogP contribution < -0.4 is 10.6 Å². The summed E-state index contributed by atoms with van der Waals surface area (Å²) in [6.45, 7) is 10.7. The lowest BCUT2D eigenvalue weighted by Crippen LogP contribution is -2.42. The number of anilines is 2. The number of methoxy groups -OCH3 is 1. The zero-order valence-electron chi connectivity index (χ0n) is 22.1. The molecule has 192 valence electrons. The summed E-state index contributed by atoms with van der Waals surface area (Å²) < 4.78 is 6.91. The topological polar surface area (TPSA) is 88.5 Å². The summed E-state index contributed by atoms with van der Waals surface area (Å²) in [5, 5.41) is 10.7. The smallest absolute Gasteiger partial charge is 0.322 e. The summed E-state index contributed by atoms with van der Waals surface area (Å²) in [6, 6.07) is 17.1. The van der Waals surface area contributed by atoms with Crippen LogP contribution in [0, 0.1) is 6.92 Å². The van der Waals surface area contributed by atoms with Gasteiger partial charge in [-0.1, -0.05) is 63.6 Å². The van der Waals surface area contributed by atoms with E-state index in [0.717, 1.165) is 34.6 Å². The number of benzene rings is 2. The molecule has 8 nitrogen and oxygen atoms in total. The van der Waals surface area contributed by atoms with Crippen LogP contribution in [0.1, 0.15) is 44.5 Å². The van der Waals surface area contributed by atoms with Gasteiger partial charge in [0.1, 0.15) is 12.4 Å². The Morgan fingerprint density at radius 1 is 1.06 bits per heavy atom. The Bertz CT molecular complexity index is 1180. The van der Waals surface area contributed by atoms with Crippen LogP contribution in [0.25, 0.3) is 5.69 Å². The number of carbonyl (C=O) groups excluding carboxylic acids is 2. The fourth-order valence-corrected chi connectivity index (χ4v) is 3.67. The van der Waals surface area contributed by atoms with E-state index in [1.807, 2.05) is 68.4 Å². The molecule has 2 N–H and O–H groups in total. The van der Waals surface area contributed by atoms with Crippen LogP contribution in [0.5, 0.6) is 0 Å². The van der Waals surface area contributed by atoms with Crippen molar-refractivity contribution in [3.8, 4) is 5.69 Å². The predicted octanol–water partition coefficient (Wildman–Crippen LogP) is 5.16. The monoisotopic (exact) mass is 491 g/mol. The highest BCUT2D eigenvalue weighted by Gasteiger charge is 2.23. The van der Waals surface area contributed by atoms with Crippen molar-refractivity contribution in [2.75, 3.05) is 37.4 Å². The standard InChI is InChI=1S/C28H37N5O3/c1-7-21-10-8-9-11-23(21)29-27(35)32(16-17-36-6)19-26(34)30-25-18-24(28(3,4)5)31-33(25)22-14-12-20(2)13-15-22/h8-15,18H,7,16-17,19H2,1-6H3,(H,29,35)(H,30,34). The molecule has 1 heterocycles. The maximum Gasteiger partial charge on any atom is 0.322 e. The van der Waals surface area contributed by atoms with Crippen molar-refractivity contribution in [3.63, 3.8) is 0 Å². The molecule has 0 saturated carbocycles. The lowest BCUT2D eigenvalue weighted by molar-refractivity contribution is -0.116. The van der Waals surface area contributed by atoms with E-state index in [1.54, 1.807) is 11.8 Å². The number of nitrogens with zero attached hydrogens (tertiary/aromatic N) is 3. The average molecular weight is 492 g/mol. The van der Waals surface area contributed by atoms with Gasteiger partial charge in [-0.2, -0.15) is 5.10 Å². The number of aryl methyl sites for hydroxylation is 2. The van der Waals surface area contributed by atoms with Crippen molar-refractivity contribution in [2.45, 2.75) is 46.5 Å². The van der Waals surface area contributed by atoms with E-state index in [4.69, 9.17) is 9.84 Å². The minimum Gasteiger partial charge on any atom is -0.383 e. The molecule has 0 aliphatic rings. The highest BCUT2D eigenvalue weighted by Crippen LogP contribution is 2.26. The molecule has 0 bridgehead atoms. The molecule has 1 aromatic heterocycles. The summed E-state index contributed by atoms with van der Waals surface area (Å²) in [6.07, 6.45) is 0.786. The number of urea groups is 1. The van der Waals surface area contributed by atoms with E-state index >= 15 is 0 Å². The Labute approximate surface area is 213 Å². The number of aromatic nitrogens is 2. The zero-order valence-corrected chi connectivity index (χ0v) is 22.1. The van der Waals surface area contributed by atoms with Gasteiger partial charge in [0.25, 0.3) is 0 Å². The van der Waals surface area contributed by atoms with Crippen LogP contribution in [0.15, 0.2) is 54.6 Å². The molecule has 0 radical (unpaired) electrons. The summed E-state index contributed by atoms with van der Waals surface area (Å²) >= 11 is 0. The largest absolute Gasteiger partial charge is 0.383 e. The number of hydrogen-bond acceptors (Lipinski definition) is 4. The second-order valence-corrected chi connectivity index (χ2v) is 9.82. The van der Waals surface area contributed by atoms with Crippen molar-refractivity contribution < 1.29 is 14.3 Å². The van der Waals surface area contributed by atoms with Gasteiger partial charge in [-0.05, 0) is 37.1 Å². The average Bonchev–Trinajstić information content (AvgIpc) is 3.26. The van der Waals surface area contributed by atoms with Gasteiger partial charge in [0, 0.05) is 30.8 Å². The molecule has 3 aromatic rings. The minimum absolute atomic E-state index is 0.132. The molecule has 0 aliphatic carbocycles. The lowest BCUT2D eigenvalue weighted by atomic mass is 9.92. The Morgan fingerprint density at radius 2 is 1.75 bits per heavy atom. The first-order valence-electron chi connectivity index (χ1n) is 12.2. The van der Waals surface area contributed by atoms with Crippen molar-refractivity contribution >= 4 is 23.4 Å². The summed E-state index contributed by atoms with van der Waals surface area (Å²) in [5.41, 5.74) is 4.39. The first-order valence-corrected chi connectivity index (χ1v) is 12.2. The fraction of sp³-hybridized carbons (Fsp3) is 0.393. The third kappa shape index (κ3) is 6.95. The molecule has 0 fully saturated rings. The zero-order chi connectivity index (χ0) is 26.3. The Hall–Kier alpha value is -3.65. The first-order chi connectivity index (χ1) is 17.1. The van der Waals surface area contributed by atoms with Crippen molar-refractivity contribution in [1.82, 2.24) is 14.7 Å². The number of amides is 3. The molecule has 0 aliphatic heterocycles. The van der Waals surface area contributed by atoms with Crippen molar-refractivity contribution in [3.05, 3.63) is 71.4 Å². The molecule has 0 saturated heterocycles. The van der Waals surface area contributed by atoms with Gasteiger partial charge in [-0.3, -0.25) is 4.79 Å². The maximum atomic E-state index is 13.1. The quantitative estimate of drug-likeness (QED) is 0.433. The summed E-state index contributed by atoms with van der Waals surface area (Å²) in [7, 11) is 1.57. The second kappa shape index (κ2) is 11.9. The van der Waals surface area contributed by atoms with Crippen molar-refractivity contribution in [1.29, 1.82) is 0 Å². The highest BCUT2D eigenvalue weighted by atomic mass is 16.5. The van der Waals surface area contributed by atoms with E-state index < -0.39 is 0 Å². The normalized spacial score (nSPS) is 11.3. The SMILES string of the molecule is CCc1ccccc1NC(=O)N(CCOC)CC(=O)Nc1cc(C(C)(C)C)nn1-c1ccc(C)cc1. The molecule has 3 rings (SSSR count). The van der Waals surface area contributed by atoms with Gasteiger partial charge in [-0.25, -0.2) is 9.48 Å². The van der Waals surface area contributed by atoms with E-state index in [9.17, 15) is 9.59 Å². The predicted molar refractivity (Wildman–Crippen MR) is 144 cm³/mol. The Morgan fingerprint density at radius 3 is 2.39 bits per heavy atom. The summed E-state index contributed by atoms with van der Waals surface area (Å²) in [5.74, 6) is 0.232. The molecule has 0 unspecified atom stereocenters. The number of hydrogen-bond donors (Lipinski definition) is 2.